The van der Waals surface area contributed by atoms with Gasteiger partial charge in [0, 0.05) is 11.1 Å². The van der Waals surface area contributed by atoms with Crippen LogP contribution in [0.25, 0.3) is 44.5 Å². The predicted octanol–water partition coefficient (Wildman–Crippen LogP) is 8.92. The number of hydrogen-bond acceptors (Lipinski definition) is 4. The first-order valence-electron chi connectivity index (χ1n) is 16.3. The fourth-order valence-electron chi connectivity index (χ4n) is 8.18. The van der Waals surface area contributed by atoms with E-state index in [-0.39, 0.29) is 0 Å². The Morgan fingerprint density at radius 2 is 0.809 bits per heavy atom. The van der Waals surface area contributed by atoms with Gasteiger partial charge in [-0.05, 0) is 103 Å². The highest BCUT2D eigenvalue weighted by atomic mass is 16.5. The van der Waals surface area contributed by atoms with Gasteiger partial charge in [0.2, 0.25) is 11.8 Å². The predicted molar refractivity (Wildman–Crippen MR) is 188 cm³/mol. The van der Waals surface area contributed by atoms with E-state index in [1.165, 1.54) is 55.6 Å². The average Bonchev–Trinajstić information content (AvgIpc) is 3.96. The van der Waals surface area contributed by atoms with Crippen LogP contribution in [0.3, 0.4) is 0 Å². The van der Waals surface area contributed by atoms with E-state index >= 15 is 0 Å². The van der Waals surface area contributed by atoms with Crippen LogP contribution in [0.1, 0.15) is 33.4 Å². The second kappa shape index (κ2) is 10.1. The molecule has 0 amide bonds. The molecule has 224 valence electrons. The zero-order chi connectivity index (χ0) is 31.0. The van der Waals surface area contributed by atoms with Crippen molar-refractivity contribution < 1.29 is 9.47 Å². The third-order valence-corrected chi connectivity index (χ3v) is 10.1. The maximum Gasteiger partial charge on any atom is 0.216 e. The largest absolute Gasteiger partial charge is 0.476 e. The number of rotatable bonds is 4. The molecular weight excluding hydrogens is 576 g/mol. The third kappa shape index (κ3) is 3.82. The molecule has 0 N–H and O–H groups in total. The molecule has 0 saturated heterocycles. The monoisotopic (exact) mass is 606 g/mol. The van der Waals surface area contributed by atoms with Gasteiger partial charge >= 0.3 is 0 Å². The van der Waals surface area contributed by atoms with Crippen LogP contribution in [0.5, 0.6) is 0 Å². The van der Waals surface area contributed by atoms with Crippen LogP contribution in [-0.2, 0) is 14.9 Å². The summed E-state index contributed by atoms with van der Waals surface area (Å²) in [5, 5.41) is 0. The van der Waals surface area contributed by atoms with Crippen LogP contribution >= 0.6 is 0 Å². The van der Waals surface area contributed by atoms with Crippen molar-refractivity contribution in [3.63, 3.8) is 0 Å². The quantitative estimate of drug-likeness (QED) is 0.201. The Labute approximate surface area is 273 Å². The Morgan fingerprint density at radius 1 is 0.383 bits per heavy atom. The number of aliphatic imine (C=N–C) groups is 2. The summed E-state index contributed by atoms with van der Waals surface area (Å²) in [5.41, 5.74) is 16.8. The molecule has 2 heterocycles. The lowest BCUT2D eigenvalue weighted by Crippen LogP contribution is -2.26. The summed E-state index contributed by atoms with van der Waals surface area (Å²) in [4.78, 5) is 9.15. The Kier molecular flexibility index (Phi) is 5.71. The van der Waals surface area contributed by atoms with Crippen LogP contribution < -0.4 is 0 Å². The van der Waals surface area contributed by atoms with Gasteiger partial charge < -0.3 is 9.47 Å². The number of hydrogen-bond donors (Lipinski definition) is 0. The molecule has 0 fully saturated rings. The van der Waals surface area contributed by atoms with E-state index in [2.05, 4.69) is 143 Å². The molecule has 2 aliphatic carbocycles. The Morgan fingerprint density at radius 3 is 1.28 bits per heavy atom. The van der Waals surface area contributed by atoms with Crippen molar-refractivity contribution in [2.75, 3.05) is 26.3 Å². The fourth-order valence-corrected chi connectivity index (χ4v) is 8.18. The summed E-state index contributed by atoms with van der Waals surface area (Å²) < 4.78 is 11.6. The highest BCUT2D eigenvalue weighted by molar-refractivity contribution is 5.99. The van der Waals surface area contributed by atoms with E-state index in [4.69, 9.17) is 9.47 Å². The Balaban J connectivity index is 1.21. The Bertz CT molecular complexity index is 2170. The van der Waals surface area contributed by atoms with E-state index < -0.39 is 5.41 Å². The molecule has 6 aromatic carbocycles. The Hall–Kier alpha value is -5.74. The minimum atomic E-state index is -0.448. The summed E-state index contributed by atoms with van der Waals surface area (Å²) in [5.74, 6) is 1.47. The first kappa shape index (κ1) is 26.5. The molecule has 4 nitrogen and oxygen atoms in total. The lowest BCUT2D eigenvalue weighted by Gasteiger charge is -2.31. The molecule has 2 aliphatic heterocycles. The van der Waals surface area contributed by atoms with Crippen molar-refractivity contribution in [1.29, 1.82) is 0 Å². The van der Waals surface area contributed by atoms with E-state index in [1.54, 1.807) is 0 Å². The summed E-state index contributed by atoms with van der Waals surface area (Å²) >= 11 is 0. The molecule has 0 atom stereocenters. The molecule has 47 heavy (non-hydrogen) atoms. The molecule has 4 aliphatic rings. The minimum absolute atomic E-state index is 0.448. The number of fused-ring (bicyclic) bond motifs is 10. The topological polar surface area (TPSA) is 43.2 Å². The summed E-state index contributed by atoms with van der Waals surface area (Å²) in [6.07, 6.45) is 0. The van der Waals surface area contributed by atoms with Crippen molar-refractivity contribution in [2.24, 2.45) is 9.98 Å². The highest BCUT2D eigenvalue weighted by Gasteiger charge is 2.51. The van der Waals surface area contributed by atoms with Crippen LogP contribution in [0.4, 0.5) is 0 Å². The number of ether oxygens (including phenoxy) is 2. The summed E-state index contributed by atoms with van der Waals surface area (Å²) in [7, 11) is 0. The van der Waals surface area contributed by atoms with E-state index in [9.17, 15) is 0 Å². The first-order valence-corrected chi connectivity index (χ1v) is 16.3. The van der Waals surface area contributed by atoms with E-state index in [0.29, 0.717) is 26.3 Å². The smallest absolute Gasteiger partial charge is 0.216 e. The second-order valence-electron chi connectivity index (χ2n) is 12.6. The lowest BCUT2D eigenvalue weighted by atomic mass is 9.70. The highest BCUT2D eigenvalue weighted by Crippen LogP contribution is 2.63. The number of nitrogens with zero attached hydrogens (tertiary/aromatic N) is 2. The van der Waals surface area contributed by atoms with Crippen LogP contribution in [0.2, 0.25) is 0 Å². The van der Waals surface area contributed by atoms with Gasteiger partial charge in [-0.3, -0.25) is 0 Å². The van der Waals surface area contributed by atoms with Crippen molar-refractivity contribution in [1.82, 2.24) is 0 Å². The molecule has 1 spiro atoms. The van der Waals surface area contributed by atoms with E-state index in [1.807, 2.05) is 0 Å². The first-order chi connectivity index (χ1) is 23.3. The fraction of sp³-hybridized carbons (Fsp3) is 0.116. The van der Waals surface area contributed by atoms with Gasteiger partial charge in [-0.2, -0.15) is 0 Å². The van der Waals surface area contributed by atoms with Gasteiger partial charge in [0.1, 0.15) is 13.2 Å². The zero-order valence-corrected chi connectivity index (χ0v) is 25.7. The van der Waals surface area contributed by atoms with Gasteiger partial charge in [-0.25, -0.2) is 9.98 Å². The molecule has 6 aromatic rings. The molecular formula is C43H30N2O2. The van der Waals surface area contributed by atoms with E-state index in [0.717, 1.165) is 34.0 Å². The zero-order valence-electron chi connectivity index (χ0n) is 25.7. The van der Waals surface area contributed by atoms with Gasteiger partial charge in [-0.1, -0.05) is 97.1 Å². The van der Waals surface area contributed by atoms with Crippen LogP contribution in [-0.4, -0.2) is 38.1 Å². The van der Waals surface area contributed by atoms with Gasteiger partial charge in [0.05, 0.1) is 18.5 Å². The van der Waals surface area contributed by atoms with Gasteiger partial charge in [0.15, 0.2) is 0 Å². The lowest BCUT2D eigenvalue weighted by molar-refractivity contribution is 0.348. The maximum absolute atomic E-state index is 5.82. The van der Waals surface area contributed by atoms with Crippen molar-refractivity contribution in [3.05, 3.63) is 167 Å². The normalized spacial score (nSPS) is 16.1. The molecule has 4 heteroatoms. The average molecular weight is 607 g/mol. The number of benzene rings is 6. The van der Waals surface area contributed by atoms with Crippen LogP contribution in [0, 0.1) is 0 Å². The van der Waals surface area contributed by atoms with Gasteiger partial charge in [-0.15, -0.1) is 0 Å². The summed E-state index contributed by atoms with van der Waals surface area (Å²) in [6.45, 7) is 2.72. The van der Waals surface area contributed by atoms with Gasteiger partial charge in [0.25, 0.3) is 0 Å². The van der Waals surface area contributed by atoms with Crippen molar-refractivity contribution >= 4 is 11.8 Å². The molecule has 0 aromatic heterocycles. The van der Waals surface area contributed by atoms with Crippen molar-refractivity contribution in [3.8, 4) is 44.5 Å². The van der Waals surface area contributed by atoms with Crippen molar-refractivity contribution in [2.45, 2.75) is 5.41 Å². The van der Waals surface area contributed by atoms with Crippen LogP contribution in [0.15, 0.2) is 143 Å². The minimum Gasteiger partial charge on any atom is -0.476 e. The molecule has 10 rings (SSSR count). The molecule has 0 bridgehead atoms. The SMILES string of the molecule is c1cc(C2=NCCO2)cc(-c2ccc3c(c2)C2(c4ccccc4-c4ccccc42)c2cc(-c4cccc(C5=NCCO5)c4)ccc2-3)c1. The molecule has 0 saturated carbocycles. The summed E-state index contributed by atoms with van der Waals surface area (Å²) in [6, 6.07) is 49.2. The standard InChI is InChI=1S/C43H30N2O2/c1-3-13-37-33(11-1)34-12-2-4-14-38(34)43(37)39-25-29(27-7-5-9-31(23-27)41-44-19-21-46-41)15-17-35(39)36-18-16-30(26-40(36)43)28-8-6-10-32(24-28)42-45-20-22-47-42/h1-18,23-26H,19-22H2. The molecule has 0 unspecified atom stereocenters. The second-order valence-corrected chi connectivity index (χ2v) is 12.6. The molecule has 0 radical (unpaired) electrons. The third-order valence-electron chi connectivity index (χ3n) is 10.1. The maximum atomic E-state index is 5.82.